The lowest BCUT2D eigenvalue weighted by atomic mass is 10.1. The van der Waals surface area contributed by atoms with E-state index in [0.717, 1.165) is 24.8 Å². The monoisotopic (exact) mass is 296 g/mol. The number of primary amides is 1. The highest BCUT2D eigenvalue weighted by molar-refractivity contribution is 7.91. The third-order valence-corrected chi connectivity index (χ3v) is 5.45. The Morgan fingerprint density at radius 3 is 2.80 bits per heavy atom. The number of benzene rings is 1. The van der Waals surface area contributed by atoms with E-state index >= 15 is 0 Å². The number of hydrogen-bond donors (Lipinski definition) is 2. The normalized spacial score (nSPS) is 22.9. The predicted molar refractivity (Wildman–Crippen MR) is 78.1 cm³/mol. The zero-order valence-electron chi connectivity index (χ0n) is 11.5. The van der Waals surface area contributed by atoms with E-state index in [1.165, 1.54) is 6.26 Å². The third kappa shape index (κ3) is 3.58. The molecule has 110 valence electrons. The molecule has 3 N–H and O–H groups in total. The molecule has 2 rings (SSSR count). The van der Waals surface area contributed by atoms with E-state index in [9.17, 15) is 13.2 Å². The van der Waals surface area contributed by atoms with Gasteiger partial charge >= 0.3 is 0 Å². The van der Waals surface area contributed by atoms with Crippen molar-refractivity contribution in [1.29, 1.82) is 0 Å². The highest BCUT2D eigenvalue weighted by Crippen LogP contribution is 2.25. The largest absolute Gasteiger partial charge is 0.366 e. The van der Waals surface area contributed by atoms with Gasteiger partial charge < -0.3 is 11.1 Å². The number of carbonyl (C=O) groups excluding carboxylic acids is 1. The maximum Gasteiger partial charge on any atom is 0.248 e. The molecule has 1 aliphatic carbocycles. The molecule has 1 aliphatic rings. The average Bonchev–Trinajstić information content (AvgIpc) is 2.85. The summed E-state index contributed by atoms with van der Waals surface area (Å²) in [7, 11) is -3.01. The second-order valence-electron chi connectivity index (χ2n) is 5.35. The van der Waals surface area contributed by atoms with E-state index in [2.05, 4.69) is 5.32 Å². The number of nitrogens with one attached hydrogen (secondary N) is 1. The van der Waals surface area contributed by atoms with Gasteiger partial charge in [-0.05, 0) is 30.5 Å². The van der Waals surface area contributed by atoms with E-state index in [1.54, 1.807) is 18.2 Å². The predicted octanol–water partition coefficient (Wildman–Crippen LogP) is 0.841. The minimum atomic E-state index is -3.01. The lowest BCUT2D eigenvalue weighted by molar-refractivity contribution is 0.1000. The van der Waals surface area contributed by atoms with Gasteiger partial charge in [0.1, 0.15) is 0 Å². The Labute approximate surface area is 119 Å². The van der Waals surface area contributed by atoms with Crippen molar-refractivity contribution >= 4 is 15.7 Å². The van der Waals surface area contributed by atoms with Gasteiger partial charge in [-0.1, -0.05) is 18.6 Å². The summed E-state index contributed by atoms with van der Waals surface area (Å²) in [6.45, 7) is 0.539. The molecule has 0 aliphatic heterocycles. The van der Waals surface area contributed by atoms with Crippen molar-refractivity contribution < 1.29 is 13.2 Å². The first-order valence-corrected chi connectivity index (χ1v) is 8.64. The van der Waals surface area contributed by atoms with Crippen LogP contribution in [0.2, 0.25) is 0 Å². The Morgan fingerprint density at radius 1 is 1.40 bits per heavy atom. The van der Waals surface area contributed by atoms with Crippen LogP contribution in [0.3, 0.4) is 0 Å². The lowest BCUT2D eigenvalue weighted by Gasteiger charge is -2.19. The van der Waals surface area contributed by atoms with Gasteiger partial charge in [-0.2, -0.15) is 0 Å². The van der Waals surface area contributed by atoms with Crippen molar-refractivity contribution in [2.75, 3.05) is 6.26 Å². The first-order chi connectivity index (χ1) is 9.38. The van der Waals surface area contributed by atoms with Crippen molar-refractivity contribution in [3.8, 4) is 0 Å². The first kappa shape index (κ1) is 15.0. The molecule has 20 heavy (non-hydrogen) atoms. The van der Waals surface area contributed by atoms with E-state index < -0.39 is 15.7 Å². The summed E-state index contributed by atoms with van der Waals surface area (Å²) >= 11 is 0. The highest BCUT2D eigenvalue weighted by Gasteiger charge is 2.34. The van der Waals surface area contributed by atoms with Gasteiger partial charge in [-0.25, -0.2) is 8.42 Å². The van der Waals surface area contributed by atoms with Crippen LogP contribution in [0.5, 0.6) is 0 Å². The van der Waals surface area contributed by atoms with Gasteiger partial charge in [-0.15, -0.1) is 0 Å². The molecule has 1 aromatic rings. The molecule has 0 aromatic heterocycles. The Morgan fingerprint density at radius 2 is 2.15 bits per heavy atom. The number of nitrogens with two attached hydrogens (primary N) is 1. The minimum Gasteiger partial charge on any atom is -0.366 e. The Balaban J connectivity index is 2.02. The zero-order valence-corrected chi connectivity index (χ0v) is 12.3. The van der Waals surface area contributed by atoms with Crippen LogP contribution in [0.25, 0.3) is 0 Å². The van der Waals surface area contributed by atoms with Gasteiger partial charge in [0.15, 0.2) is 9.84 Å². The number of hydrogen-bond acceptors (Lipinski definition) is 4. The summed E-state index contributed by atoms with van der Waals surface area (Å²) in [5, 5.41) is 2.99. The lowest BCUT2D eigenvalue weighted by Crippen LogP contribution is -2.39. The molecule has 1 aromatic carbocycles. The molecular weight excluding hydrogens is 276 g/mol. The summed E-state index contributed by atoms with van der Waals surface area (Å²) in [6, 6.07) is 7.06. The second-order valence-corrected chi connectivity index (χ2v) is 7.62. The fourth-order valence-corrected chi connectivity index (χ4v) is 4.18. The molecule has 1 saturated carbocycles. The quantitative estimate of drug-likeness (QED) is 0.842. The Bertz CT molecular complexity index is 598. The van der Waals surface area contributed by atoms with Gasteiger partial charge in [0.05, 0.1) is 5.25 Å². The molecule has 1 amide bonds. The van der Waals surface area contributed by atoms with Crippen LogP contribution in [-0.2, 0) is 16.4 Å². The average molecular weight is 296 g/mol. The Hall–Kier alpha value is -1.40. The molecule has 0 bridgehead atoms. The zero-order chi connectivity index (χ0) is 14.8. The van der Waals surface area contributed by atoms with Crippen LogP contribution in [0.4, 0.5) is 0 Å². The number of rotatable bonds is 5. The topological polar surface area (TPSA) is 89.3 Å². The van der Waals surface area contributed by atoms with Crippen molar-refractivity contribution in [2.45, 2.75) is 37.1 Å². The van der Waals surface area contributed by atoms with Gasteiger partial charge in [0.25, 0.3) is 0 Å². The molecule has 0 spiro atoms. The number of sulfone groups is 1. The molecule has 5 nitrogen and oxygen atoms in total. The number of amides is 1. The molecule has 0 heterocycles. The summed E-state index contributed by atoms with van der Waals surface area (Å²) in [5.41, 5.74) is 6.64. The third-order valence-electron chi connectivity index (χ3n) is 3.78. The van der Waals surface area contributed by atoms with Gasteiger partial charge in [-0.3, -0.25) is 4.79 Å². The van der Waals surface area contributed by atoms with E-state index in [4.69, 9.17) is 5.73 Å². The van der Waals surface area contributed by atoms with Crippen LogP contribution >= 0.6 is 0 Å². The molecular formula is C14H20N2O3S. The van der Waals surface area contributed by atoms with Crippen molar-refractivity contribution in [3.05, 3.63) is 35.4 Å². The van der Waals surface area contributed by atoms with E-state index in [-0.39, 0.29) is 11.3 Å². The molecule has 1 fully saturated rings. The molecule has 0 radical (unpaired) electrons. The minimum absolute atomic E-state index is 0.0118. The summed E-state index contributed by atoms with van der Waals surface area (Å²) in [6.07, 6.45) is 3.81. The van der Waals surface area contributed by atoms with Crippen molar-refractivity contribution in [3.63, 3.8) is 0 Å². The maximum atomic E-state index is 11.7. The van der Waals surface area contributed by atoms with Crippen molar-refractivity contribution in [2.24, 2.45) is 5.73 Å². The van der Waals surface area contributed by atoms with Crippen LogP contribution in [0.1, 0.15) is 35.2 Å². The van der Waals surface area contributed by atoms with Crippen LogP contribution in [0, 0.1) is 0 Å². The van der Waals surface area contributed by atoms with Crippen LogP contribution in [-0.4, -0.2) is 31.9 Å². The molecule has 2 atom stereocenters. The molecule has 2 unspecified atom stereocenters. The fraction of sp³-hybridized carbons (Fsp3) is 0.500. The van der Waals surface area contributed by atoms with Gasteiger partial charge in [0.2, 0.25) is 5.91 Å². The maximum absolute atomic E-state index is 11.7. The second kappa shape index (κ2) is 5.93. The van der Waals surface area contributed by atoms with Crippen molar-refractivity contribution in [1.82, 2.24) is 5.32 Å². The van der Waals surface area contributed by atoms with Gasteiger partial charge in [0, 0.05) is 24.4 Å². The highest BCUT2D eigenvalue weighted by atomic mass is 32.2. The number of carbonyl (C=O) groups is 1. The molecule has 6 heteroatoms. The van der Waals surface area contributed by atoms with E-state index in [0.29, 0.717) is 12.1 Å². The Kier molecular flexibility index (Phi) is 4.45. The SMILES string of the molecule is CS(=O)(=O)C1CCCC1NCc1cccc(C(N)=O)c1. The fourth-order valence-electron chi connectivity index (χ4n) is 2.76. The standard InChI is InChI=1S/C14H20N2O3S/c1-20(18,19)13-7-3-6-12(13)16-9-10-4-2-5-11(8-10)14(15)17/h2,4-5,8,12-13,16H,3,6-7,9H2,1H3,(H2,15,17). The van der Waals surface area contributed by atoms with Crippen LogP contribution in [0.15, 0.2) is 24.3 Å². The smallest absolute Gasteiger partial charge is 0.248 e. The summed E-state index contributed by atoms with van der Waals surface area (Å²) in [5.74, 6) is -0.457. The summed E-state index contributed by atoms with van der Waals surface area (Å²) < 4.78 is 23.4. The van der Waals surface area contributed by atoms with E-state index in [1.807, 2.05) is 6.07 Å². The molecule has 0 saturated heterocycles. The first-order valence-electron chi connectivity index (χ1n) is 6.69. The summed E-state index contributed by atoms with van der Waals surface area (Å²) in [4.78, 5) is 11.1. The van der Waals surface area contributed by atoms with Crippen LogP contribution < -0.4 is 11.1 Å².